The van der Waals surface area contributed by atoms with Gasteiger partial charge in [0.2, 0.25) is 0 Å². The number of nitrogens with zero attached hydrogens (tertiary/aromatic N) is 1. The predicted octanol–water partition coefficient (Wildman–Crippen LogP) is 2.78. The molecule has 11 heteroatoms. The highest BCUT2D eigenvalue weighted by atomic mass is 32.1. The van der Waals surface area contributed by atoms with Crippen LogP contribution in [0.5, 0.6) is 5.19 Å². The van der Waals surface area contributed by atoms with E-state index in [1.807, 2.05) is 0 Å². The van der Waals surface area contributed by atoms with Crippen molar-refractivity contribution in [2.75, 3.05) is 6.54 Å². The molecule has 0 unspecified atom stereocenters. The lowest BCUT2D eigenvalue weighted by atomic mass is 10.2. The number of carboxylic acids is 1. The Labute approximate surface area is 148 Å². The smallest absolute Gasteiger partial charge is 0.475 e. The van der Waals surface area contributed by atoms with Crippen LogP contribution in [0.15, 0.2) is 24.3 Å². The van der Waals surface area contributed by atoms with Crippen LogP contribution in [0.1, 0.15) is 20.9 Å². The van der Waals surface area contributed by atoms with Crippen molar-refractivity contribution in [3.8, 4) is 5.19 Å². The lowest BCUT2D eigenvalue weighted by Crippen LogP contribution is -2.30. The number of ether oxygens (including phenoxy) is 1. The Morgan fingerprint density at radius 1 is 1.35 bits per heavy atom. The lowest BCUT2D eigenvalue weighted by molar-refractivity contribution is -0.192. The van der Waals surface area contributed by atoms with Gasteiger partial charge in [-0.1, -0.05) is 29.5 Å². The van der Waals surface area contributed by atoms with E-state index in [-0.39, 0.29) is 18.3 Å². The molecule has 140 valence electrons. The molecule has 6 nitrogen and oxygen atoms in total. The molecule has 0 saturated carbocycles. The third kappa shape index (κ3) is 5.15. The van der Waals surface area contributed by atoms with Crippen LogP contribution in [0.4, 0.5) is 17.6 Å². The van der Waals surface area contributed by atoms with Gasteiger partial charge in [-0.3, -0.25) is 4.79 Å². The highest BCUT2D eigenvalue weighted by Gasteiger charge is 2.38. The lowest BCUT2D eigenvalue weighted by Gasteiger charge is -2.08. The summed E-state index contributed by atoms with van der Waals surface area (Å²) in [5.41, 5.74) is 1.23. The van der Waals surface area contributed by atoms with Gasteiger partial charge in [0.15, 0.2) is 0 Å². The van der Waals surface area contributed by atoms with Gasteiger partial charge in [0, 0.05) is 18.5 Å². The molecule has 0 aliphatic carbocycles. The van der Waals surface area contributed by atoms with Crippen LogP contribution >= 0.6 is 11.3 Å². The van der Waals surface area contributed by atoms with Gasteiger partial charge in [-0.25, -0.2) is 14.2 Å². The highest BCUT2D eigenvalue weighted by molar-refractivity contribution is 7.15. The van der Waals surface area contributed by atoms with Crippen molar-refractivity contribution in [3.63, 3.8) is 0 Å². The van der Waals surface area contributed by atoms with Gasteiger partial charge in [-0.05, 0) is 6.07 Å². The van der Waals surface area contributed by atoms with Crippen molar-refractivity contribution in [2.45, 2.75) is 19.2 Å². The first-order chi connectivity index (χ1) is 12.2. The van der Waals surface area contributed by atoms with Crippen molar-refractivity contribution in [1.82, 2.24) is 10.3 Å². The van der Waals surface area contributed by atoms with E-state index in [1.165, 1.54) is 17.4 Å². The van der Waals surface area contributed by atoms with Crippen molar-refractivity contribution in [2.24, 2.45) is 0 Å². The summed E-state index contributed by atoms with van der Waals surface area (Å²) in [7, 11) is 0. The molecule has 26 heavy (non-hydrogen) atoms. The molecule has 2 heterocycles. The highest BCUT2D eigenvalue weighted by Crippen LogP contribution is 2.28. The average molecular weight is 392 g/mol. The number of aliphatic carboxylic acids is 1. The minimum Gasteiger partial charge on any atom is -0.475 e. The fourth-order valence-electron chi connectivity index (χ4n) is 1.87. The number of hydrogen-bond donors (Lipinski definition) is 2. The van der Waals surface area contributed by atoms with Crippen molar-refractivity contribution >= 4 is 23.2 Å². The molecular formula is C15H12F4N2O4S. The number of carboxylic acid groups (broad SMARTS) is 1. The molecule has 0 saturated heterocycles. The van der Waals surface area contributed by atoms with Crippen LogP contribution in [-0.4, -0.2) is 34.7 Å². The number of thiazole rings is 1. The Morgan fingerprint density at radius 3 is 2.58 bits per heavy atom. The number of fused-ring (bicyclic) bond motifs is 1. The molecule has 1 aliphatic heterocycles. The van der Waals surface area contributed by atoms with Gasteiger partial charge in [0.1, 0.15) is 17.3 Å². The molecule has 2 aromatic rings. The summed E-state index contributed by atoms with van der Waals surface area (Å²) in [5, 5.41) is 10.3. The molecule has 2 N–H and O–H groups in total. The summed E-state index contributed by atoms with van der Waals surface area (Å²) in [6, 6.07) is 6.43. The van der Waals surface area contributed by atoms with E-state index < -0.39 is 12.1 Å². The molecule has 0 atom stereocenters. The van der Waals surface area contributed by atoms with Crippen molar-refractivity contribution < 1.29 is 37.0 Å². The maximum Gasteiger partial charge on any atom is 0.490 e. The zero-order chi connectivity index (χ0) is 19.3. The van der Waals surface area contributed by atoms with E-state index in [0.717, 1.165) is 5.69 Å². The topological polar surface area (TPSA) is 88.5 Å². The van der Waals surface area contributed by atoms with Crippen LogP contribution in [0.2, 0.25) is 0 Å². The van der Waals surface area contributed by atoms with Crippen LogP contribution in [-0.2, 0) is 17.8 Å². The molecule has 0 bridgehead atoms. The van der Waals surface area contributed by atoms with Crippen molar-refractivity contribution in [3.05, 3.63) is 46.2 Å². The number of aromatic nitrogens is 1. The number of hydrogen-bond acceptors (Lipinski definition) is 5. The minimum atomic E-state index is -5.08. The number of nitrogens with one attached hydrogen (secondary N) is 1. The number of carbonyl (C=O) groups is 2. The normalized spacial score (nSPS) is 13.2. The van der Waals surface area contributed by atoms with Crippen LogP contribution in [0.25, 0.3) is 0 Å². The Morgan fingerprint density at radius 2 is 2.00 bits per heavy atom. The quantitative estimate of drug-likeness (QED) is 0.785. The molecule has 1 aromatic heterocycles. The van der Waals surface area contributed by atoms with Crippen LogP contribution in [0, 0.1) is 5.82 Å². The van der Waals surface area contributed by atoms with Gasteiger partial charge in [0.05, 0.1) is 5.69 Å². The minimum absolute atomic E-state index is 0.112. The van der Waals surface area contributed by atoms with E-state index in [4.69, 9.17) is 14.6 Å². The van der Waals surface area contributed by atoms with Crippen LogP contribution < -0.4 is 10.1 Å². The molecular weight excluding hydrogens is 380 g/mol. The largest absolute Gasteiger partial charge is 0.490 e. The number of carbonyl (C=O) groups excluding carboxylic acids is 1. The van der Waals surface area contributed by atoms with Crippen molar-refractivity contribution in [1.29, 1.82) is 0 Å². The predicted molar refractivity (Wildman–Crippen MR) is 82.6 cm³/mol. The molecule has 0 spiro atoms. The Balaban J connectivity index is 0.000000298. The first-order valence-corrected chi connectivity index (χ1v) is 7.94. The monoisotopic (exact) mass is 392 g/mol. The number of benzene rings is 1. The van der Waals surface area contributed by atoms with Gasteiger partial charge in [-0.2, -0.15) is 13.2 Å². The third-order valence-electron chi connectivity index (χ3n) is 3.08. The molecule has 0 radical (unpaired) electrons. The number of halogens is 4. The summed E-state index contributed by atoms with van der Waals surface area (Å²) in [6.07, 6.45) is -4.37. The van der Waals surface area contributed by atoms with Crippen LogP contribution in [0.3, 0.4) is 0 Å². The zero-order valence-corrected chi connectivity index (χ0v) is 13.8. The van der Waals surface area contributed by atoms with Gasteiger partial charge in [-0.15, -0.1) is 0 Å². The maximum absolute atomic E-state index is 13.4. The molecule has 1 aromatic carbocycles. The zero-order valence-electron chi connectivity index (χ0n) is 13.0. The second-order valence-corrected chi connectivity index (χ2v) is 5.91. The molecule has 1 aliphatic rings. The number of amides is 1. The fourth-order valence-corrected chi connectivity index (χ4v) is 2.75. The van der Waals surface area contributed by atoms with E-state index in [1.54, 1.807) is 18.2 Å². The maximum atomic E-state index is 13.4. The Hall–Kier alpha value is -2.69. The summed E-state index contributed by atoms with van der Waals surface area (Å²) in [4.78, 5) is 25.3. The average Bonchev–Trinajstić information content (AvgIpc) is 2.98. The first kappa shape index (κ1) is 19.6. The number of rotatable bonds is 3. The van der Waals surface area contributed by atoms with E-state index in [0.29, 0.717) is 28.6 Å². The fraction of sp³-hybridized carbons (Fsp3) is 0.267. The Kier molecular flexibility index (Phi) is 6.14. The summed E-state index contributed by atoms with van der Waals surface area (Å²) in [5.74, 6) is -3.17. The molecule has 3 rings (SSSR count). The molecule has 0 fully saturated rings. The van der Waals surface area contributed by atoms with E-state index in [9.17, 15) is 22.4 Å². The van der Waals surface area contributed by atoms with E-state index >= 15 is 0 Å². The standard InChI is InChI=1S/C13H11FN2O2S.C2HF3O2/c14-9-4-2-1-3-8(9)7-18-13-16-10-5-6-15-12(17)11(10)19-13;3-2(4,5)1(6)7/h1-4H,5-7H2,(H,15,17);(H,6,7). The van der Waals surface area contributed by atoms with Gasteiger partial charge in [0.25, 0.3) is 11.1 Å². The first-order valence-electron chi connectivity index (χ1n) is 7.12. The van der Waals surface area contributed by atoms with E-state index in [2.05, 4.69) is 10.3 Å². The summed E-state index contributed by atoms with van der Waals surface area (Å²) in [6.45, 7) is 0.711. The second kappa shape index (κ2) is 8.13. The summed E-state index contributed by atoms with van der Waals surface area (Å²) < 4.78 is 50.6. The van der Waals surface area contributed by atoms with Gasteiger partial charge < -0.3 is 15.2 Å². The molecule has 1 amide bonds. The number of alkyl halides is 3. The SMILES string of the molecule is O=C(O)C(F)(F)F.O=C1NCCc2nc(OCc3ccccc3F)sc21. The second-order valence-electron chi connectivity index (χ2n) is 4.94. The Bertz CT molecular complexity index is 807. The van der Waals surface area contributed by atoms with Gasteiger partial charge >= 0.3 is 12.1 Å². The third-order valence-corrected chi connectivity index (χ3v) is 4.09. The summed E-state index contributed by atoms with van der Waals surface area (Å²) >= 11 is 1.20.